The fourth-order valence-corrected chi connectivity index (χ4v) is 3.02. The highest BCUT2D eigenvalue weighted by Gasteiger charge is 2.12. The Bertz CT molecular complexity index is 595. The summed E-state index contributed by atoms with van der Waals surface area (Å²) in [6, 6.07) is 6.26. The summed E-state index contributed by atoms with van der Waals surface area (Å²) in [6.07, 6.45) is 3.33. The van der Waals surface area contributed by atoms with Gasteiger partial charge in [0.2, 0.25) is 0 Å². The first-order valence-corrected chi connectivity index (χ1v) is 6.61. The Morgan fingerprint density at radius 1 is 1.44 bits per heavy atom. The minimum absolute atomic E-state index is 0.172. The van der Waals surface area contributed by atoms with Crippen molar-refractivity contribution in [2.24, 2.45) is 0 Å². The molecule has 4 heteroatoms. The van der Waals surface area contributed by atoms with Crippen LogP contribution in [0.1, 0.15) is 33.8 Å². The summed E-state index contributed by atoms with van der Waals surface area (Å²) >= 11 is 1.80. The number of aryl methyl sites for hydroxylation is 2. The topological polar surface area (TPSA) is 48.7 Å². The average Bonchev–Trinajstić information content (AvgIpc) is 2.69. The molecule has 0 radical (unpaired) electrons. The third-order valence-electron chi connectivity index (χ3n) is 2.86. The van der Waals surface area contributed by atoms with Crippen LogP contribution in [-0.4, -0.2) is 4.98 Å². The van der Waals surface area contributed by atoms with Gasteiger partial charge in [-0.15, -0.1) is 11.3 Å². The summed E-state index contributed by atoms with van der Waals surface area (Å²) in [7, 11) is 0. The van der Waals surface area contributed by atoms with Gasteiger partial charge in [0.25, 0.3) is 0 Å². The molecule has 2 heterocycles. The molecule has 0 bridgehead atoms. The maximum Gasteiger partial charge on any atom is 0.101 e. The number of pyridine rings is 1. The number of nitrogens with zero attached hydrogens (tertiary/aromatic N) is 2. The van der Waals surface area contributed by atoms with Gasteiger partial charge in [-0.1, -0.05) is 0 Å². The van der Waals surface area contributed by atoms with Crippen molar-refractivity contribution in [2.45, 2.75) is 26.8 Å². The number of aromatic nitrogens is 1. The lowest BCUT2D eigenvalue weighted by Crippen LogP contribution is -2.08. The van der Waals surface area contributed by atoms with E-state index in [9.17, 15) is 0 Å². The van der Waals surface area contributed by atoms with Crippen LogP contribution in [0.25, 0.3) is 0 Å². The van der Waals surface area contributed by atoms with Crippen molar-refractivity contribution in [1.82, 2.24) is 4.98 Å². The van der Waals surface area contributed by atoms with Gasteiger partial charge >= 0.3 is 0 Å². The van der Waals surface area contributed by atoms with Crippen molar-refractivity contribution in [1.29, 1.82) is 5.26 Å². The van der Waals surface area contributed by atoms with Gasteiger partial charge in [0.05, 0.1) is 17.4 Å². The van der Waals surface area contributed by atoms with Crippen LogP contribution < -0.4 is 5.32 Å². The Hall–Kier alpha value is -1.86. The third kappa shape index (κ3) is 2.52. The van der Waals surface area contributed by atoms with Gasteiger partial charge in [0.1, 0.15) is 6.07 Å². The minimum atomic E-state index is 0.172. The predicted molar refractivity (Wildman–Crippen MR) is 74.8 cm³/mol. The predicted octanol–water partition coefficient (Wildman–Crippen LogP) is 3.80. The smallest absolute Gasteiger partial charge is 0.101 e. The Labute approximate surface area is 111 Å². The molecule has 0 saturated heterocycles. The van der Waals surface area contributed by atoms with E-state index in [2.05, 4.69) is 43.2 Å². The van der Waals surface area contributed by atoms with Crippen LogP contribution in [0.4, 0.5) is 5.69 Å². The molecule has 0 aliphatic carbocycles. The molecule has 2 rings (SSSR count). The number of hydrogen-bond acceptors (Lipinski definition) is 4. The highest BCUT2D eigenvalue weighted by Crippen LogP contribution is 2.29. The molecule has 18 heavy (non-hydrogen) atoms. The highest BCUT2D eigenvalue weighted by molar-refractivity contribution is 7.12. The maximum atomic E-state index is 9.04. The van der Waals surface area contributed by atoms with Crippen molar-refractivity contribution < 1.29 is 0 Å². The summed E-state index contributed by atoms with van der Waals surface area (Å²) < 4.78 is 0. The number of rotatable bonds is 3. The van der Waals surface area contributed by atoms with Crippen molar-refractivity contribution in [2.75, 3.05) is 5.32 Å². The Morgan fingerprint density at radius 3 is 2.83 bits per heavy atom. The molecule has 0 aliphatic heterocycles. The minimum Gasteiger partial charge on any atom is -0.376 e. The normalized spacial score (nSPS) is 11.9. The molecule has 1 atom stereocenters. The first-order valence-electron chi connectivity index (χ1n) is 5.79. The number of hydrogen-bond donors (Lipinski definition) is 1. The van der Waals surface area contributed by atoms with E-state index >= 15 is 0 Å². The van der Waals surface area contributed by atoms with Crippen LogP contribution in [0.3, 0.4) is 0 Å². The molecule has 3 nitrogen and oxygen atoms in total. The molecular formula is C14H15N3S. The van der Waals surface area contributed by atoms with Crippen LogP contribution in [0.2, 0.25) is 0 Å². The molecule has 2 aromatic rings. The van der Waals surface area contributed by atoms with E-state index in [1.165, 1.54) is 15.3 Å². The molecule has 0 amide bonds. The molecule has 1 unspecified atom stereocenters. The second-order valence-electron chi connectivity index (χ2n) is 4.27. The average molecular weight is 257 g/mol. The fourth-order valence-electron chi connectivity index (χ4n) is 2.00. The maximum absolute atomic E-state index is 9.04. The zero-order valence-electron chi connectivity index (χ0n) is 10.7. The van der Waals surface area contributed by atoms with Crippen LogP contribution in [-0.2, 0) is 0 Å². The molecule has 0 aliphatic rings. The largest absolute Gasteiger partial charge is 0.376 e. The lowest BCUT2D eigenvalue weighted by molar-refractivity contribution is 0.879. The van der Waals surface area contributed by atoms with Gasteiger partial charge in [-0.25, -0.2) is 0 Å². The van der Waals surface area contributed by atoms with Crippen LogP contribution >= 0.6 is 11.3 Å². The molecule has 0 fully saturated rings. The Morgan fingerprint density at radius 2 is 2.22 bits per heavy atom. The van der Waals surface area contributed by atoms with E-state index in [1.54, 1.807) is 29.8 Å². The van der Waals surface area contributed by atoms with Crippen molar-refractivity contribution in [3.8, 4) is 6.07 Å². The number of nitrogens with one attached hydrogen (secondary N) is 1. The third-order valence-corrected chi connectivity index (χ3v) is 3.84. The van der Waals surface area contributed by atoms with Crippen molar-refractivity contribution in [3.63, 3.8) is 0 Å². The molecule has 92 valence electrons. The molecule has 2 aromatic heterocycles. The van der Waals surface area contributed by atoms with E-state index in [4.69, 9.17) is 5.26 Å². The summed E-state index contributed by atoms with van der Waals surface area (Å²) in [4.78, 5) is 6.68. The quantitative estimate of drug-likeness (QED) is 0.909. The van der Waals surface area contributed by atoms with E-state index in [0.29, 0.717) is 5.56 Å². The molecule has 1 N–H and O–H groups in total. The van der Waals surface area contributed by atoms with Crippen molar-refractivity contribution in [3.05, 3.63) is 45.4 Å². The SMILES string of the molecule is Cc1cc(C(C)Nc2cnccc2C#N)c(C)s1. The van der Waals surface area contributed by atoms with Gasteiger partial charge < -0.3 is 5.32 Å². The van der Waals surface area contributed by atoms with Crippen LogP contribution in [0.5, 0.6) is 0 Å². The van der Waals surface area contributed by atoms with Crippen LogP contribution in [0.15, 0.2) is 24.5 Å². The van der Waals surface area contributed by atoms with E-state index in [0.717, 1.165) is 5.69 Å². The number of anilines is 1. The summed E-state index contributed by atoms with van der Waals surface area (Å²) in [5, 5.41) is 12.4. The van der Waals surface area contributed by atoms with E-state index in [-0.39, 0.29) is 6.04 Å². The van der Waals surface area contributed by atoms with Gasteiger partial charge in [0.15, 0.2) is 0 Å². The van der Waals surface area contributed by atoms with E-state index in [1.807, 2.05) is 0 Å². The summed E-state index contributed by atoms with van der Waals surface area (Å²) in [5.74, 6) is 0. The molecular weight excluding hydrogens is 242 g/mol. The Balaban J connectivity index is 2.24. The lowest BCUT2D eigenvalue weighted by Gasteiger charge is -2.15. The second-order valence-corrected chi connectivity index (χ2v) is 5.73. The summed E-state index contributed by atoms with van der Waals surface area (Å²) in [5.41, 5.74) is 2.70. The fraction of sp³-hybridized carbons (Fsp3) is 0.286. The van der Waals surface area contributed by atoms with Crippen LogP contribution in [0, 0.1) is 25.2 Å². The monoisotopic (exact) mass is 257 g/mol. The second kappa shape index (κ2) is 5.19. The number of thiophene rings is 1. The Kier molecular flexibility index (Phi) is 3.63. The van der Waals surface area contributed by atoms with Gasteiger partial charge in [-0.05, 0) is 38.5 Å². The molecule has 0 aromatic carbocycles. The highest BCUT2D eigenvalue weighted by atomic mass is 32.1. The first kappa shape index (κ1) is 12.6. The van der Waals surface area contributed by atoms with Gasteiger partial charge in [-0.3, -0.25) is 4.98 Å². The molecule has 0 spiro atoms. The zero-order valence-corrected chi connectivity index (χ0v) is 11.5. The van der Waals surface area contributed by atoms with Crippen molar-refractivity contribution >= 4 is 17.0 Å². The number of nitriles is 1. The lowest BCUT2D eigenvalue weighted by atomic mass is 10.1. The summed E-state index contributed by atoms with van der Waals surface area (Å²) in [6.45, 7) is 6.33. The van der Waals surface area contributed by atoms with Gasteiger partial charge in [0, 0.05) is 22.0 Å². The first-order chi connectivity index (χ1) is 8.61. The zero-order chi connectivity index (χ0) is 13.1. The van der Waals surface area contributed by atoms with Gasteiger partial charge in [-0.2, -0.15) is 5.26 Å². The molecule has 0 saturated carbocycles. The standard InChI is InChI=1S/C14H15N3S/c1-9-6-13(11(3)18-9)10(2)17-14-8-16-5-4-12(14)7-15/h4-6,8,10,17H,1-3H3. The van der Waals surface area contributed by atoms with E-state index < -0.39 is 0 Å².